The molecule has 5 nitrogen and oxygen atoms in total. The molecule has 1 heterocycles. The van der Waals surface area contributed by atoms with E-state index in [2.05, 4.69) is 4.98 Å². The second kappa shape index (κ2) is 9.16. The molecule has 0 unspecified atom stereocenters. The summed E-state index contributed by atoms with van der Waals surface area (Å²) in [5.41, 5.74) is 2.45. The molecule has 0 bridgehead atoms. The lowest BCUT2D eigenvalue weighted by molar-refractivity contribution is 0.0526. The summed E-state index contributed by atoms with van der Waals surface area (Å²) < 4.78 is 39.0. The quantitative estimate of drug-likeness (QED) is 0.409. The van der Waals surface area contributed by atoms with E-state index in [4.69, 9.17) is 9.47 Å². The average Bonchev–Trinajstić information content (AvgIpc) is 3.00. The molecular formula is C20H20F2N2O3S. The number of thioether (sulfide) groups is 1. The largest absolute Gasteiger partial charge is 0.462 e. The number of nitrogens with zero attached hydrogens (tertiary/aromatic N) is 2. The van der Waals surface area contributed by atoms with Crippen LogP contribution in [0.4, 0.5) is 8.78 Å². The fraction of sp³-hybridized carbons (Fsp3) is 0.300. The van der Waals surface area contributed by atoms with Crippen molar-refractivity contribution in [1.29, 1.82) is 0 Å². The molecule has 0 amide bonds. The number of carbonyl (C=O) groups is 1. The number of esters is 1. The second-order valence-corrected chi connectivity index (χ2v) is 6.97. The molecule has 3 aromatic rings. The number of rotatable bonds is 8. The lowest BCUT2D eigenvalue weighted by Gasteiger charge is -2.09. The molecule has 0 atom stereocenters. The van der Waals surface area contributed by atoms with Gasteiger partial charge >= 0.3 is 5.97 Å². The van der Waals surface area contributed by atoms with Crippen LogP contribution < -0.4 is 0 Å². The van der Waals surface area contributed by atoms with Crippen LogP contribution in [0.25, 0.3) is 11.0 Å². The molecule has 0 aliphatic carbocycles. The zero-order valence-corrected chi connectivity index (χ0v) is 16.4. The van der Waals surface area contributed by atoms with Crippen molar-refractivity contribution in [3.05, 3.63) is 59.2 Å². The predicted octanol–water partition coefficient (Wildman–Crippen LogP) is 4.43. The summed E-state index contributed by atoms with van der Waals surface area (Å²) in [5, 5.41) is 0.678. The molecular weight excluding hydrogens is 386 g/mol. The lowest BCUT2D eigenvalue weighted by atomic mass is 10.2. The average molecular weight is 406 g/mol. The van der Waals surface area contributed by atoms with E-state index >= 15 is 0 Å². The van der Waals surface area contributed by atoms with Gasteiger partial charge in [0.2, 0.25) is 0 Å². The first kappa shape index (κ1) is 20.3. The molecule has 1 aromatic heterocycles. The zero-order chi connectivity index (χ0) is 20.1. The van der Waals surface area contributed by atoms with Crippen LogP contribution in [0.2, 0.25) is 0 Å². The first-order chi connectivity index (χ1) is 13.5. The van der Waals surface area contributed by atoms with E-state index < -0.39 is 17.6 Å². The number of hydrogen-bond acceptors (Lipinski definition) is 5. The smallest absolute Gasteiger partial charge is 0.338 e. The fourth-order valence-corrected chi connectivity index (χ4v) is 3.77. The second-order valence-electron chi connectivity index (χ2n) is 6.03. The van der Waals surface area contributed by atoms with Crippen LogP contribution in [-0.2, 0) is 21.8 Å². The number of benzene rings is 2. The van der Waals surface area contributed by atoms with Crippen molar-refractivity contribution in [2.24, 2.45) is 0 Å². The number of halogens is 2. The molecule has 0 aliphatic heterocycles. The monoisotopic (exact) mass is 406 g/mol. The molecule has 0 radical (unpaired) electrons. The maximum atomic E-state index is 13.4. The van der Waals surface area contributed by atoms with Gasteiger partial charge in [0.05, 0.1) is 29.8 Å². The third-order valence-electron chi connectivity index (χ3n) is 4.03. The van der Waals surface area contributed by atoms with Gasteiger partial charge in [-0.05, 0) is 42.8 Å². The highest BCUT2D eigenvalue weighted by atomic mass is 32.2. The zero-order valence-electron chi connectivity index (χ0n) is 15.6. The Balaban J connectivity index is 1.91. The first-order valence-electron chi connectivity index (χ1n) is 8.76. The molecule has 2 aromatic carbocycles. The summed E-state index contributed by atoms with van der Waals surface area (Å²) in [6, 6.07) is 8.65. The number of ether oxygens (including phenoxy) is 2. The minimum absolute atomic E-state index is 0.296. The third-order valence-corrected chi connectivity index (χ3v) is 5.08. The molecule has 28 heavy (non-hydrogen) atoms. The maximum Gasteiger partial charge on any atom is 0.338 e. The van der Waals surface area contributed by atoms with Crippen LogP contribution in [0.5, 0.6) is 0 Å². The Morgan fingerprint density at radius 2 is 1.93 bits per heavy atom. The van der Waals surface area contributed by atoms with E-state index in [-0.39, 0.29) is 0 Å². The molecule has 0 fully saturated rings. The molecule has 0 aliphatic rings. The van der Waals surface area contributed by atoms with Gasteiger partial charge in [0.1, 0.15) is 11.6 Å². The van der Waals surface area contributed by atoms with E-state index in [9.17, 15) is 13.6 Å². The van der Waals surface area contributed by atoms with E-state index in [0.717, 1.165) is 11.6 Å². The van der Waals surface area contributed by atoms with Gasteiger partial charge in [0.15, 0.2) is 5.16 Å². The number of hydrogen-bond donors (Lipinski definition) is 0. The maximum absolute atomic E-state index is 13.4. The third kappa shape index (κ3) is 4.69. The van der Waals surface area contributed by atoms with Crippen molar-refractivity contribution in [2.45, 2.75) is 24.4 Å². The number of fused-ring (bicyclic) bond motifs is 1. The number of carbonyl (C=O) groups excluding carboxylic acids is 1. The molecule has 0 N–H and O–H groups in total. The van der Waals surface area contributed by atoms with Gasteiger partial charge in [-0.2, -0.15) is 0 Å². The van der Waals surface area contributed by atoms with Crippen LogP contribution in [0.15, 0.2) is 41.6 Å². The van der Waals surface area contributed by atoms with Gasteiger partial charge in [-0.3, -0.25) is 0 Å². The van der Waals surface area contributed by atoms with Crippen molar-refractivity contribution in [3.8, 4) is 0 Å². The standard InChI is InChI=1S/C20H20F2N2O3S/c1-3-27-19(25)14-4-5-18-17(10-14)23-20(24(18)6-7-26-2)28-12-13-8-15(21)11-16(22)9-13/h4-5,8-11H,3,6-7,12H2,1-2H3. The van der Waals surface area contributed by atoms with Gasteiger partial charge in [0.25, 0.3) is 0 Å². The van der Waals surface area contributed by atoms with E-state index in [0.29, 0.717) is 47.3 Å². The molecule has 0 saturated heterocycles. The Morgan fingerprint density at radius 3 is 2.61 bits per heavy atom. The summed E-state index contributed by atoms with van der Waals surface area (Å²) in [6.45, 7) is 3.09. The highest BCUT2D eigenvalue weighted by Crippen LogP contribution is 2.28. The molecule has 0 saturated carbocycles. The molecule has 148 valence electrons. The Bertz CT molecular complexity index is 971. The number of methoxy groups -OCH3 is 1. The first-order valence-corrected chi connectivity index (χ1v) is 9.74. The van der Waals surface area contributed by atoms with E-state index in [1.165, 1.54) is 23.9 Å². The summed E-state index contributed by atoms with van der Waals surface area (Å²) in [4.78, 5) is 16.6. The minimum Gasteiger partial charge on any atom is -0.462 e. The van der Waals surface area contributed by atoms with Gasteiger partial charge < -0.3 is 14.0 Å². The summed E-state index contributed by atoms with van der Waals surface area (Å²) in [7, 11) is 1.61. The van der Waals surface area contributed by atoms with Gasteiger partial charge in [-0.1, -0.05) is 11.8 Å². The predicted molar refractivity (Wildman–Crippen MR) is 103 cm³/mol. The Kier molecular flexibility index (Phi) is 6.64. The Labute approximate surface area is 165 Å². The van der Waals surface area contributed by atoms with Crippen LogP contribution >= 0.6 is 11.8 Å². The summed E-state index contributed by atoms with van der Waals surface area (Å²) in [5.74, 6) is -1.26. The number of aromatic nitrogens is 2. The van der Waals surface area contributed by atoms with Crippen molar-refractivity contribution >= 4 is 28.8 Å². The summed E-state index contributed by atoms with van der Waals surface area (Å²) >= 11 is 1.37. The highest BCUT2D eigenvalue weighted by molar-refractivity contribution is 7.98. The van der Waals surface area contributed by atoms with Gasteiger partial charge in [-0.15, -0.1) is 0 Å². The topological polar surface area (TPSA) is 53.3 Å². The van der Waals surface area contributed by atoms with Crippen LogP contribution in [0, 0.1) is 11.6 Å². The number of imidazole rings is 1. The van der Waals surface area contributed by atoms with Crippen molar-refractivity contribution in [3.63, 3.8) is 0 Å². The van der Waals surface area contributed by atoms with Gasteiger partial charge in [0, 0.05) is 25.5 Å². The van der Waals surface area contributed by atoms with Crippen LogP contribution in [0.1, 0.15) is 22.8 Å². The highest BCUT2D eigenvalue weighted by Gasteiger charge is 2.15. The minimum atomic E-state index is -0.609. The van der Waals surface area contributed by atoms with Gasteiger partial charge in [-0.25, -0.2) is 18.6 Å². The van der Waals surface area contributed by atoms with Crippen molar-refractivity contribution < 1.29 is 23.0 Å². The Hall–Kier alpha value is -2.45. The SMILES string of the molecule is CCOC(=O)c1ccc2c(c1)nc(SCc1cc(F)cc(F)c1)n2CCOC. The molecule has 3 rings (SSSR count). The van der Waals surface area contributed by atoms with E-state index in [1.807, 2.05) is 10.6 Å². The van der Waals surface area contributed by atoms with Crippen molar-refractivity contribution in [2.75, 3.05) is 20.3 Å². The van der Waals surface area contributed by atoms with E-state index in [1.54, 1.807) is 26.2 Å². The molecule has 0 spiro atoms. The van der Waals surface area contributed by atoms with Crippen molar-refractivity contribution in [1.82, 2.24) is 9.55 Å². The Morgan fingerprint density at radius 1 is 1.18 bits per heavy atom. The fourth-order valence-electron chi connectivity index (χ4n) is 2.80. The van der Waals surface area contributed by atoms with Crippen LogP contribution in [0.3, 0.4) is 0 Å². The lowest BCUT2D eigenvalue weighted by Crippen LogP contribution is -2.06. The normalized spacial score (nSPS) is 11.1. The van der Waals surface area contributed by atoms with Crippen LogP contribution in [-0.4, -0.2) is 35.8 Å². The molecule has 8 heteroatoms. The summed E-state index contributed by atoms with van der Waals surface area (Å²) in [6.07, 6.45) is 0.